The van der Waals surface area contributed by atoms with Crippen molar-refractivity contribution in [2.24, 2.45) is 5.92 Å². The standard InChI is InChI=1S/C30H58O3/c1-3-5-7-9-11-13-14-16-18-22-26-29(25-21-17-15-12-10-8-6-4-2)30(32)33-28-24-20-19-23-27-31/h27,29H,3-26,28H2,1-2H3. The molecule has 33 heavy (non-hydrogen) atoms. The van der Waals surface area contributed by atoms with E-state index in [1.165, 1.54) is 103 Å². The molecule has 0 bridgehead atoms. The van der Waals surface area contributed by atoms with E-state index in [2.05, 4.69) is 13.8 Å². The highest BCUT2D eigenvalue weighted by Crippen LogP contribution is 2.21. The molecule has 0 aromatic heterocycles. The van der Waals surface area contributed by atoms with Crippen LogP contribution < -0.4 is 0 Å². The minimum atomic E-state index is 0.0317. The zero-order valence-electron chi connectivity index (χ0n) is 22.6. The van der Waals surface area contributed by atoms with E-state index in [4.69, 9.17) is 4.74 Å². The second kappa shape index (κ2) is 27.4. The van der Waals surface area contributed by atoms with Gasteiger partial charge in [-0.1, -0.05) is 129 Å². The molecule has 0 aliphatic carbocycles. The van der Waals surface area contributed by atoms with Gasteiger partial charge in [-0.15, -0.1) is 0 Å². The highest BCUT2D eigenvalue weighted by atomic mass is 16.5. The second-order valence-electron chi connectivity index (χ2n) is 10.1. The van der Waals surface area contributed by atoms with E-state index < -0.39 is 0 Å². The molecule has 0 rings (SSSR count). The number of hydrogen-bond donors (Lipinski definition) is 0. The molecular weight excluding hydrogens is 408 g/mol. The Labute approximate surface area is 207 Å². The van der Waals surface area contributed by atoms with Gasteiger partial charge in [0.2, 0.25) is 0 Å². The largest absolute Gasteiger partial charge is 0.465 e. The lowest BCUT2D eigenvalue weighted by Gasteiger charge is -2.16. The van der Waals surface area contributed by atoms with Gasteiger partial charge in [0, 0.05) is 6.42 Å². The van der Waals surface area contributed by atoms with Crippen LogP contribution in [-0.4, -0.2) is 18.9 Å². The molecule has 0 N–H and O–H groups in total. The van der Waals surface area contributed by atoms with Crippen LogP contribution >= 0.6 is 0 Å². The molecule has 0 saturated carbocycles. The number of ether oxygens (including phenoxy) is 1. The van der Waals surface area contributed by atoms with E-state index in [0.717, 1.165) is 51.2 Å². The Morgan fingerprint density at radius 2 is 0.970 bits per heavy atom. The molecule has 1 atom stereocenters. The van der Waals surface area contributed by atoms with Crippen molar-refractivity contribution in [3.63, 3.8) is 0 Å². The molecule has 3 nitrogen and oxygen atoms in total. The lowest BCUT2D eigenvalue weighted by atomic mass is 9.94. The average Bonchev–Trinajstić information content (AvgIpc) is 2.82. The van der Waals surface area contributed by atoms with E-state index in [1.54, 1.807) is 0 Å². The average molecular weight is 467 g/mol. The Bertz CT molecular complexity index is 407. The fourth-order valence-electron chi connectivity index (χ4n) is 4.58. The van der Waals surface area contributed by atoms with Gasteiger partial charge in [0.15, 0.2) is 0 Å². The maximum absolute atomic E-state index is 12.7. The summed E-state index contributed by atoms with van der Waals surface area (Å²) in [5.74, 6) is 0.123. The molecule has 1 unspecified atom stereocenters. The van der Waals surface area contributed by atoms with Gasteiger partial charge in [0.05, 0.1) is 12.5 Å². The second-order valence-corrected chi connectivity index (χ2v) is 10.1. The van der Waals surface area contributed by atoms with Crippen LogP contribution in [-0.2, 0) is 14.3 Å². The third-order valence-electron chi connectivity index (χ3n) is 6.86. The van der Waals surface area contributed by atoms with Crippen LogP contribution in [0.1, 0.15) is 168 Å². The molecule has 0 aliphatic rings. The van der Waals surface area contributed by atoms with Gasteiger partial charge in [-0.05, 0) is 32.1 Å². The number of carbonyl (C=O) groups excluding carboxylic acids is 2. The van der Waals surface area contributed by atoms with Crippen LogP contribution in [0.25, 0.3) is 0 Å². The van der Waals surface area contributed by atoms with Gasteiger partial charge in [0.25, 0.3) is 0 Å². The fourth-order valence-corrected chi connectivity index (χ4v) is 4.58. The molecule has 0 saturated heterocycles. The van der Waals surface area contributed by atoms with E-state index in [1.807, 2.05) is 0 Å². The number of aldehydes is 1. The molecule has 0 aliphatic heterocycles. The van der Waals surface area contributed by atoms with Crippen molar-refractivity contribution >= 4 is 12.3 Å². The highest BCUT2D eigenvalue weighted by Gasteiger charge is 2.19. The molecule has 0 amide bonds. The summed E-state index contributed by atoms with van der Waals surface area (Å²) in [5, 5.41) is 0. The molecule has 0 spiro atoms. The third kappa shape index (κ3) is 24.1. The highest BCUT2D eigenvalue weighted by molar-refractivity contribution is 5.72. The van der Waals surface area contributed by atoms with Crippen molar-refractivity contribution in [3.05, 3.63) is 0 Å². The third-order valence-corrected chi connectivity index (χ3v) is 6.86. The maximum Gasteiger partial charge on any atom is 0.308 e. The van der Waals surface area contributed by atoms with Crippen molar-refractivity contribution < 1.29 is 14.3 Å². The lowest BCUT2D eigenvalue weighted by molar-refractivity contribution is -0.149. The minimum Gasteiger partial charge on any atom is -0.465 e. The number of rotatable bonds is 27. The number of carbonyl (C=O) groups is 2. The zero-order chi connectivity index (χ0) is 24.2. The molecule has 0 radical (unpaired) electrons. The monoisotopic (exact) mass is 466 g/mol. The van der Waals surface area contributed by atoms with Crippen LogP contribution in [0.4, 0.5) is 0 Å². The number of esters is 1. The summed E-state index contributed by atoms with van der Waals surface area (Å²) in [5.41, 5.74) is 0. The Morgan fingerprint density at radius 1 is 0.576 bits per heavy atom. The predicted molar refractivity (Wildman–Crippen MR) is 143 cm³/mol. The number of hydrogen-bond acceptors (Lipinski definition) is 3. The number of unbranched alkanes of at least 4 members (excludes halogenated alkanes) is 19. The lowest BCUT2D eigenvalue weighted by Crippen LogP contribution is -2.18. The Kier molecular flexibility index (Phi) is 26.7. The van der Waals surface area contributed by atoms with Gasteiger partial charge < -0.3 is 9.53 Å². The van der Waals surface area contributed by atoms with E-state index in [9.17, 15) is 9.59 Å². The van der Waals surface area contributed by atoms with Crippen LogP contribution in [0.3, 0.4) is 0 Å². The molecule has 196 valence electrons. The van der Waals surface area contributed by atoms with Crippen molar-refractivity contribution in [1.82, 2.24) is 0 Å². The molecule has 3 heteroatoms. The van der Waals surface area contributed by atoms with E-state index in [-0.39, 0.29) is 11.9 Å². The molecule has 0 heterocycles. The first-order valence-electron chi connectivity index (χ1n) is 14.9. The first kappa shape index (κ1) is 32.1. The van der Waals surface area contributed by atoms with Crippen LogP contribution in [0, 0.1) is 5.92 Å². The minimum absolute atomic E-state index is 0.0317. The van der Waals surface area contributed by atoms with Crippen molar-refractivity contribution in [2.45, 2.75) is 168 Å². The normalized spacial score (nSPS) is 12.1. The van der Waals surface area contributed by atoms with Crippen LogP contribution in [0.15, 0.2) is 0 Å². The Morgan fingerprint density at radius 3 is 1.39 bits per heavy atom. The zero-order valence-corrected chi connectivity index (χ0v) is 22.6. The van der Waals surface area contributed by atoms with E-state index >= 15 is 0 Å². The first-order valence-corrected chi connectivity index (χ1v) is 14.9. The summed E-state index contributed by atoms with van der Waals surface area (Å²) in [4.78, 5) is 23.1. The quantitative estimate of drug-likeness (QED) is 0.0687. The summed E-state index contributed by atoms with van der Waals surface area (Å²) in [6.07, 6.45) is 30.1. The predicted octanol–water partition coefficient (Wildman–Crippen LogP) is 9.75. The van der Waals surface area contributed by atoms with E-state index in [0.29, 0.717) is 13.0 Å². The Hall–Kier alpha value is -0.860. The summed E-state index contributed by atoms with van der Waals surface area (Å²) < 4.78 is 5.62. The molecule has 0 fully saturated rings. The summed E-state index contributed by atoms with van der Waals surface area (Å²) in [7, 11) is 0. The van der Waals surface area contributed by atoms with Crippen LogP contribution in [0.5, 0.6) is 0 Å². The summed E-state index contributed by atoms with van der Waals surface area (Å²) in [6, 6.07) is 0. The van der Waals surface area contributed by atoms with Gasteiger partial charge in [-0.25, -0.2) is 0 Å². The van der Waals surface area contributed by atoms with Crippen molar-refractivity contribution in [3.8, 4) is 0 Å². The first-order chi connectivity index (χ1) is 16.3. The molecule has 0 aromatic carbocycles. The summed E-state index contributed by atoms with van der Waals surface area (Å²) >= 11 is 0. The van der Waals surface area contributed by atoms with Gasteiger partial charge in [-0.2, -0.15) is 0 Å². The maximum atomic E-state index is 12.7. The molecule has 0 aromatic rings. The Balaban J connectivity index is 4.02. The fraction of sp³-hybridized carbons (Fsp3) is 0.933. The SMILES string of the molecule is CCCCCCCCCCCCC(CCCCCCCCCC)C(=O)OCCCCCC=O. The topological polar surface area (TPSA) is 43.4 Å². The summed E-state index contributed by atoms with van der Waals surface area (Å²) in [6.45, 7) is 5.05. The smallest absolute Gasteiger partial charge is 0.308 e. The molecular formula is C30H58O3. The van der Waals surface area contributed by atoms with Crippen LogP contribution in [0.2, 0.25) is 0 Å². The van der Waals surface area contributed by atoms with Crippen molar-refractivity contribution in [1.29, 1.82) is 0 Å². The van der Waals surface area contributed by atoms with Gasteiger partial charge in [0.1, 0.15) is 6.29 Å². The van der Waals surface area contributed by atoms with Gasteiger partial charge in [-0.3, -0.25) is 4.79 Å². The van der Waals surface area contributed by atoms with Gasteiger partial charge >= 0.3 is 5.97 Å². The van der Waals surface area contributed by atoms with Crippen molar-refractivity contribution in [2.75, 3.05) is 6.61 Å².